The predicted molar refractivity (Wildman–Crippen MR) is 90.0 cm³/mol. The maximum absolute atomic E-state index is 11.6. The molecule has 0 bridgehead atoms. The van der Waals surface area contributed by atoms with Gasteiger partial charge in [-0.1, -0.05) is 18.2 Å². The Labute approximate surface area is 135 Å². The van der Waals surface area contributed by atoms with Crippen LogP contribution in [0.1, 0.15) is 18.4 Å². The molecule has 0 saturated carbocycles. The molecule has 0 aliphatic carbocycles. The van der Waals surface area contributed by atoms with E-state index < -0.39 is 6.10 Å². The summed E-state index contributed by atoms with van der Waals surface area (Å²) in [4.78, 5) is 15.5. The first-order valence-corrected chi connectivity index (χ1v) is 8.61. The molecule has 1 amide bonds. The Hall–Kier alpha value is -1.43. The third-order valence-corrected chi connectivity index (χ3v) is 5.14. The fourth-order valence-corrected chi connectivity index (χ4v) is 4.03. The highest BCUT2D eigenvalue weighted by atomic mass is 32.1. The Balaban J connectivity index is 1.55. The maximum atomic E-state index is 11.6. The number of β-amino-alcohol motifs (C(OH)–C–C–N with tert-alkyl or cyclic N) is 1. The molecule has 5 heteroatoms. The number of aliphatic hydroxyl groups excluding tert-OH is 1. The molecule has 2 heterocycles. The van der Waals surface area contributed by atoms with Gasteiger partial charge in [0.05, 0.1) is 6.10 Å². The van der Waals surface area contributed by atoms with Crippen LogP contribution in [0.3, 0.4) is 0 Å². The van der Waals surface area contributed by atoms with Crippen molar-refractivity contribution in [1.82, 2.24) is 9.80 Å². The number of carbonyl (C=O) groups excluding carboxylic acids is 1. The Morgan fingerprint density at radius 2 is 2.23 bits per heavy atom. The first kappa shape index (κ1) is 15.5. The highest BCUT2D eigenvalue weighted by molar-refractivity contribution is 7.17. The summed E-state index contributed by atoms with van der Waals surface area (Å²) in [5.74, 6) is 0.172. The molecule has 0 spiro atoms. The van der Waals surface area contributed by atoms with Gasteiger partial charge >= 0.3 is 0 Å². The topological polar surface area (TPSA) is 43.8 Å². The number of amides is 1. The summed E-state index contributed by atoms with van der Waals surface area (Å²) in [6.45, 7) is 2.63. The van der Waals surface area contributed by atoms with E-state index in [1.807, 2.05) is 7.05 Å². The first-order valence-electron chi connectivity index (χ1n) is 7.73. The van der Waals surface area contributed by atoms with Gasteiger partial charge in [-0.05, 0) is 35.9 Å². The summed E-state index contributed by atoms with van der Waals surface area (Å²) in [5, 5.41) is 13.7. The normalized spacial score (nSPS) is 16.9. The van der Waals surface area contributed by atoms with Crippen molar-refractivity contribution in [3.05, 3.63) is 35.2 Å². The lowest BCUT2D eigenvalue weighted by molar-refractivity contribution is -0.129. The fraction of sp³-hybridized carbons (Fsp3) is 0.471. The molecule has 0 radical (unpaired) electrons. The summed E-state index contributed by atoms with van der Waals surface area (Å²) in [7, 11) is 2.02. The molecule has 22 heavy (non-hydrogen) atoms. The summed E-state index contributed by atoms with van der Waals surface area (Å²) in [6.07, 6.45) is 1.06. The van der Waals surface area contributed by atoms with Gasteiger partial charge < -0.3 is 10.0 Å². The molecule has 1 atom stereocenters. The van der Waals surface area contributed by atoms with Crippen LogP contribution in [-0.2, 0) is 11.3 Å². The highest BCUT2D eigenvalue weighted by Crippen LogP contribution is 2.26. The lowest BCUT2D eigenvalue weighted by Crippen LogP contribution is -2.39. The summed E-state index contributed by atoms with van der Waals surface area (Å²) < 4.78 is 1.30. The van der Waals surface area contributed by atoms with Gasteiger partial charge in [-0.2, -0.15) is 0 Å². The third-order valence-electron chi connectivity index (χ3n) is 4.13. The van der Waals surface area contributed by atoms with Gasteiger partial charge in [-0.15, -0.1) is 11.3 Å². The van der Waals surface area contributed by atoms with Crippen molar-refractivity contribution < 1.29 is 9.90 Å². The molecule has 2 aromatic rings. The van der Waals surface area contributed by atoms with Crippen molar-refractivity contribution in [1.29, 1.82) is 0 Å². The molecule has 1 aromatic heterocycles. The van der Waals surface area contributed by atoms with E-state index >= 15 is 0 Å². The second-order valence-corrected chi connectivity index (χ2v) is 6.96. The van der Waals surface area contributed by atoms with Crippen molar-refractivity contribution in [2.45, 2.75) is 25.5 Å². The van der Waals surface area contributed by atoms with Crippen LogP contribution in [0.4, 0.5) is 0 Å². The zero-order valence-electron chi connectivity index (χ0n) is 12.9. The average Bonchev–Trinajstić information content (AvgIpc) is 3.07. The van der Waals surface area contributed by atoms with Crippen molar-refractivity contribution in [3.63, 3.8) is 0 Å². The molecule has 1 fully saturated rings. The molecule has 1 saturated heterocycles. The number of carbonyl (C=O) groups is 1. The molecular weight excluding hydrogens is 296 g/mol. The van der Waals surface area contributed by atoms with Crippen molar-refractivity contribution in [2.75, 3.05) is 26.7 Å². The minimum atomic E-state index is -0.489. The van der Waals surface area contributed by atoms with Gasteiger partial charge in [0, 0.05) is 37.3 Å². The quantitative estimate of drug-likeness (QED) is 0.889. The zero-order valence-corrected chi connectivity index (χ0v) is 13.7. The van der Waals surface area contributed by atoms with Crippen LogP contribution >= 0.6 is 11.3 Å². The Kier molecular flexibility index (Phi) is 4.76. The molecule has 1 aliphatic heterocycles. The zero-order chi connectivity index (χ0) is 15.5. The van der Waals surface area contributed by atoms with Gasteiger partial charge in [-0.3, -0.25) is 9.69 Å². The van der Waals surface area contributed by atoms with E-state index in [1.165, 1.54) is 15.6 Å². The predicted octanol–water partition coefficient (Wildman–Crippen LogP) is 2.32. The van der Waals surface area contributed by atoms with Gasteiger partial charge in [0.2, 0.25) is 5.91 Å². The number of thiophene rings is 1. The Morgan fingerprint density at radius 1 is 1.41 bits per heavy atom. The molecule has 1 unspecified atom stereocenters. The van der Waals surface area contributed by atoms with Gasteiger partial charge in [0.1, 0.15) is 0 Å². The molecule has 3 rings (SSSR count). The minimum absolute atomic E-state index is 0.172. The summed E-state index contributed by atoms with van der Waals surface area (Å²) in [5.41, 5.74) is 1.30. The number of nitrogens with zero attached hydrogens (tertiary/aromatic N) is 2. The van der Waals surface area contributed by atoms with Crippen LogP contribution in [-0.4, -0.2) is 53.6 Å². The number of aliphatic hydroxyl groups is 1. The highest BCUT2D eigenvalue weighted by Gasteiger charge is 2.23. The summed E-state index contributed by atoms with van der Waals surface area (Å²) in [6, 6.07) is 8.40. The number of likely N-dealkylation sites (tertiary alicyclic amines) is 1. The lowest BCUT2D eigenvalue weighted by Gasteiger charge is -2.24. The van der Waals surface area contributed by atoms with Crippen molar-refractivity contribution >= 4 is 27.3 Å². The second-order valence-electron chi connectivity index (χ2n) is 6.05. The molecule has 1 N–H and O–H groups in total. The van der Waals surface area contributed by atoms with E-state index in [0.717, 1.165) is 19.5 Å². The standard InChI is InChI=1S/C17H22N2O2S/c1-18(10-14(20)11-19-8-4-7-17(19)21)9-13-12-22-16-6-3-2-5-15(13)16/h2-3,5-6,12,14,20H,4,7-11H2,1H3. The number of hydrogen-bond donors (Lipinski definition) is 1. The minimum Gasteiger partial charge on any atom is -0.390 e. The van der Waals surface area contributed by atoms with Crippen LogP contribution in [0.2, 0.25) is 0 Å². The van der Waals surface area contributed by atoms with E-state index in [-0.39, 0.29) is 5.91 Å². The van der Waals surface area contributed by atoms with Crippen molar-refractivity contribution in [2.24, 2.45) is 0 Å². The smallest absolute Gasteiger partial charge is 0.222 e. The number of rotatable bonds is 6. The van der Waals surface area contributed by atoms with Gasteiger partial charge in [0.15, 0.2) is 0 Å². The molecule has 118 valence electrons. The second kappa shape index (κ2) is 6.77. The van der Waals surface area contributed by atoms with E-state index in [2.05, 4.69) is 34.5 Å². The van der Waals surface area contributed by atoms with E-state index in [0.29, 0.717) is 19.5 Å². The maximum Gasteiger partial charge on any atom is 0.222 e. The largest absolute Gasteiger partial charge is 0.390 e. The van der Waals surface area contributed by atoms with Crippen LogP contribution in [0, 0.1) is 0 Å². The Morgan fingerprint density at radius 3 is 3.00 bits per heavy atom. The number of fused-ring (bicyclic) bond motifs is 1. The Bertz CT molecular complexity index is 655. The van der Waals surface area contributed by atoms with Crippen LogP contribution in [0.15, 0.2) is 29.6 Å². The van der Waals surface area contributed by atoms with Crippen LogP contribution < -0.4 is 0 Å². The van der Waals surface area contributed by atoms with E-state index in [9.17, 15) is 9.90 Å². The third kappa shape index (κ3) is 3.48. The monoisotopic (exact) mass is 318 g/mol. The van der Waals surface area contributed by atoms with Crippen LogP contribution in [0.5, 0.6) is 0 Å². The molecule has 4 nitrogen and oxygen atoms in total. The lowest BCUT2D eigenvalue weighted by atomic mass is 10.1. The molecular formula is C17H22N2O2S. The van der Waals surface area contributed by atoms with E-state index in [1.54, 1.807) is 16.2 Å². The average molecular weight is 318 g/mol. The number of hydrogen-bond acceptors (Lipinski definition) is 4. The number of benzene rings is 1. The SMILES string of the molecule is CN(Cc1csc2ccccc12)CC(O)CN1CCCC1=O. The first-order chi connectivity index (χ1) is 10.6. The fourth-order valence-electron chi connectivity index (χ4n) is 3.08. The molecule has 1 aromatic carbocycles. The van der Waals surface area contributed by atoms with Gasteiger partial charge in [-0.25, -0.2) is 0 Å². The number of likely N-dealkylation sites (N-methyl/N-ethyl adjacent to an activating group) is 1. The van der Waals surface area contributed by atoms with E-state index in [4.69, 9.17) is 0 Å². The molecule has 1 aliphatic rings. The summed E-state index contributed by atoms with van der Waals surface area (Å²) >= 11 is 1.76. The van der Waals surface area contributed by atoms with Crippen molar-refractivity contribution in [3.8, 4) is 0 Å². The van der Waals surface area contributed by atoms with Crippen LogP contribution in [0.25, 0.3) is 10.1 Å². The van der Waals surface area contributed by atoms with Gasteiger partial charge in [0.25, 0.3) is 0 Å².